The smallest absolute Gasteiger partial charge is 0.273 e. The highest BCUT2D eigenvalue weighted by molar-refractivity contribution is 5.93. The highest BCUT2D eigenvalue weighted by atomic mass is 16.5. The highest BCUT2D eigenvalue weighted by Crippen LogP contribution is 2.26. The fraction of sp³-hybridized carbons (Fsp3) is 0.632. The van der Waals surface area contributed by atoms with Crippen LogP contribution in [0.1, 0.15) is 60.6 Å². The fourth-order valence-corrected chi connectivity index (χ4v) is 3.58. The lowest BCUT2D eigenvalue weighted by atomic mass is 9.85. The minimum atomic E-state index is -0.201. The number of likely N-dealkylation sites (N-methyl/N-ethyl adjacent to an activating group) is 1. The van der Waals surface area contributed by atoms with Crippen LogP contribution in [0, 0.1) is 12.8 Å². The number of aromatic nitrogens is 3. The second-order valence-electron chi connectivity index (χ2n) is 7.24. The standard InChI is InChI=1S/C19H27N5O4/c1-4-15-17(20-11-27-15)18(25)22-14-7-5-13(6-8-14)19(26)24(3)10-9-16-21-12(2)28-23-16/h11,13-14H,4-10H2,1-3H3,(H,22,25). The van der Waals surface area contributed by atoms with Gasteiger partial charge in [-0.1, -0.05) is 12.1 Å². The first-order chi connectivity index (χ1) is 13.5. The van der Waals surface area contributed by atoms with Crippen molar-refractivity contribution in [3.8, 4) is 0 Å². The zero-order chi connectivity index (χ0) is 20.1. The van der Waals surface area contributed by atoms with Crippen LogP contribution in [0.4, 0.5) is 0 Å². The van der Waals surface area contributed by atoms with Crippen LogP contribution in [0.3, 0.4) is 0 Å². The molecule has 2 heterocycles. The molecule has 9 nitrogen and oxygen atoms in total. The second kappa shape index (κ2) is 8.99. The zero-order valence-electron chi connectivity index (χ0n) is 16.6. The number of hydrogen-bond donors (Lipinski definition) is 1. The Morgan fingerprint density at radius 2 is 2.04 bits per heavy atom. The van der Waals surface area contributed by atoms with Crippen molar-refractivity contribution in [2.75, 3.05) is 13.6 Å². The Morgan fingerprint density at radius 1 is 1.29 bits per heavy atom. The topological polar surface area (TPSA) is 114 Å². The van der Waals surface area contributed by atoms with Crippen LogP contribution >= 0.6 is 0 Å². The van der Waals surface area contributed by atoms with E-state index in [1.54, 1.807) is 18.9 Å². The van der Waals surface area contributed by atoms with Gasteiger partial charge in [0.1, 0.15) is 5.76 Å². The van der Waals surface area contributed by atoms with Crippen LogP contribution in [0.2, 0.25) is 0 Å². The summed E-state index contributed by atoms with van der Waals surface area (Å²) in [4.78, 5) is 34.9. The largest absolute Gasteiger partial charge is 0.448 e. The molecule has 3 rings (SSSR count). The average molecular weight is 389 g/mol. The molecule has 0 aliphatic heterocycles. The van der Waals surface area contributed by atoms with Crippen LogP contribution in [0.5, 0.6) is 0 Å². The number of oxazole rings is 1. The van der Waals surface area contributed by atoms with Crippen molar-refractivity contribution >= 4 is 11.8 Å². The zero-order valence-corrected chi connectivity index (χ0v) is 16.6. The summed E-state index contributed by atoms with van der Waals surface area (Å²) in [5, 5.41) is 6.87. The monoisotopic (exact) mass is 389 g/mol. The van der Waals surface area contributed by atoms with E-state index in [-0.39, 0.29) is 23.8 Å². The number of carbonyl (C=O) groups is 2. The van der Waals surface area contributed by atoms with E-state index in [2.05, 4.69) is 20.4 Å². The molecule has 152 valence electrons. The molecule has 2 aromatic heterocycles. The lowest BCUT2D eigenvalue weighted by Gasteiger charge is -2.30. The van der Waals surface area contributed by atoms with Gasteiger partial charge in [0.15, 0.2) is 17.9 Å². The molecule has 0 atom stereocenters. The predicted molar refractivity (Wildman–Crippen MR) is 99.5 cm³/mol. The number of amides is 2. The molecule has 1 aliphatic rings. The molecule has 0 aromatic carbocycles. The molecule has 28 heavy (non-hydrogen) atoms. The fourth-order valence-electron chi connectivity index (χ4n) is 3.58. The maximum Gasteiger partial charge on any atom is 0.273 e. The molecule has 2 amide bonds. The number of aryl methyl sites for hydroxylation is 2. The molecular formula is C19H27N5O4. The number of carbonyl (C=O) groups excluding carboxylic acids is 2. The van der Waals surface area contributed by atoms with Gasteiger partial charge in [-0.2, -0.15) is 4.98 Å². The molecule has 1 fully saturated rings. The van der Waals surface area contributed by atoms with Gasteiger partial charge in [-0.05, 0) is 25.7 Å². The van der Waals surface area contributed by atoms with E-state index in [1.807, 2.05) is 6.92 Å². The van der Waals surface area contributed by atoms with Crippen molar-refractivity contribution in [3.05, 3.63) is 29.6 Å². The van der Waals surface area contributed by atoms with Gasteiger partial charge in [0.05, 0.1) is 0 Å². The molecule has 9 heteroatoms. The van der Waals surface area contributed by atoms with Gasteiger partial charge in [-0.15, -0.1) is 0 Å². The van der Waals surface area contributed by atoms with Crippen LogP contribution in [-0.4, -0.2) is 51.5 Å². The predicted octanol–water partition coefficient (Wildman–Crippen LogP) is 1.92. The van der Waals surface area contributed by atoms with Crippen LogP contribution in [0.15, 0.2) is 15.3 Å². The molecule has 0 radical (unpaired) electrons. The quantitative estimate of drug-likeness (QED) is 0.769. The van der Waals surface area contributed by atoms with Crippen LogP contribution in [0.25, 0.3) is 0 Å². The molecule has 0 spiro atoms. The molecule has 1 N–H and O–H groups in total. The van der Waals surface area contributed by atoms with E-state index in [4.69, 9.17) is 8.94 Å². The van der Waals surface area contributed by atoms with Gasteiger partial charge in [0.2, 0.25) is 11.8 Å². The third kappa shape index (κ3) is 4.76. The molecular weight excluding hydrogens is 362 g/mol. The first-order valence-electron chi connectivity index (χ1n) is 9.75. The summed E-state index contributed by atoms with van der Waals surface area (Å²) in [6.07, 6.45) is 5.57. The van der Waals surface area contributed by atoms with Gasteiger partial charge in [-0.3, -0.25) is 9.59 Å². The van der Waals surface area contributed by atoms with E-state index in [9.17, 15) is 9.59 Å². The Labute approximate surface area is 163 Å². The van der Waals surface area contributed by atoms with E-state index >= 15 is 0 Å². The Morgan fingerprint density at radius 3 is 2.68 bits per heavy atom. The van der Waals surface area contributed by atoms with Gasteiger partial charge in [0, 0.05) is 45.3 Å². The van der Waals surface area contributed by atoms with Crippen molar-refractivity contribution in [1.82, 2.24) is 25.3 Å². The Hall–Kier alpha value is -2.71. The Balaban J connectivity index is 1.43. The lowest BCUT2D eigenvalue weighted by molar-refractivity contribution is -0.135. The van der Waals surface area contributed by atoms with E-state index in [0.29, 0.717) is 42.6 Å². The molecule has 1 saturated carbocycles. The average Bonchev–Trinajstić information content (AvgIpc) is 3.34. The normalized spacial score (nSPS) is 19.4. The molecule has 0 saturated heterocycles. The van der Waals surface area contributed by atoms with E-state index in [0.717, 1.165) is 25.7 Å². The van der Waals surface area contributed by atoms with E-state index < -0.39 is 0 Å². The second-order valence-corrected chi connectivity index (χ2v) is 7.24. The minimum Gasteiger partial charge on any atom is -0.448 e. The Bertz CT molecular complexity index is 807. The van der Waals surface area contributed by atoms with Crippen molar-refractivity contribution in [1.29, 1.82) is 0 Å². The number of nitrogens with zero attached hydrogens (tertiary/aromatic N) is 4. The SMILES string of the molecule is CCc1ocnc1C(=O)NC1CCC(C(=O)N(C)CCc2noc(C)n2)CC1. The number of nitrogens with one attached hydrogen (secondary N) is 1. The summed E-state index contributed by atoms with van der Waals surface area (Å²) in [5.41, 5.74) is 0.358. The first kappa shape index (κ1) is 20.0. The molecule has 1 aliphatic carbocycles. The van der Waals surface area contributed by atoms with Crippen molar-refractivity contribution in [2.24, 2.45) is 5.92 Å². The Kier molecular flexibility index (Phi) is 6.43. The van der Waals surface area contributed by atoms with Crippen LogP contribution in [-0.2, 0) is 17.6 Å². The molecule has 2 aromatic rings. The van der Waals surface area contributed by atoms with Crippen molar-refractivity contribution in [2.45, 2.75) is 58.4 Å². The maximum absolute atomic E-state index is 12.7. The summed E-state index contributed by atoms with van der Waals surface area (Å²) in [6.45, 7) is 4.22. The maximum atomic E-state index is 12.7. The summed E-state index contributed by atoms with van der Waals surface area (Å²) < 4.78 is 10.2. The third-order valence-electron chi connectivity index (χ3n) is 5.21. The van der Waals surface area contributed by atoms with E-state index in [1.165, 1.54) is 6.39 Å². The summed E-state index contributed by atoms with van der Waals surface area (Å²) in [6, 6.07) is 0.0607. The van der Waals surface area contributed by atoms with Gasteiger partial charge in [0.25, 0.3) is 5.91 Å². The summed E-state index contributed by atoms with van der Waals surface area (Å²) in [7, 11) is 1.81. The summed E-state index contributed by atoms with van der Waals surface area (Å²) >= 11 is 0. The van der Waals surface area contributed by atoms with Gasteiger partial charge in [-0.25, -0.2) is 4.98 Å². The molecule has 0 unspecified atom stereocenters. The van der Waals surface area contributed by atoms with Crippen LogP contribution < -0.4 is 5.32 Å². The molecule has 0 bridgehead atoms. The number of rotatable bonds is 7. The minimum absolute atomic E-state index is 0.0107. The van der Waals surface area contributed by atoms with Crippen molar-refractivity contribution < 1.29 is 18.5 Å². The van der Waals surface area contributed by atoms with Crippen molar-refractivity contribution in [3.63, 3.8) is 0 Å². The lowest BCUT2D eigenvalue weighted by Crippen LogP contribution is -2.42. The van der Waals surface area contributed by atoms with Gasteiger partial charge >= 0.3 is 0 Å². The summed E-state index contributed by atoms with van der Waals surface area (Å²) in [5.74, 6) is 1.66. The highest BCUT2D eigenvalue weighted by Gasteiger charge is 2.29. The van der Waals surface area contributed by atoms with Gasteiger partial charge < -0.3 is 19.2 Å². The first-order valence-corrected chi connectivity index (χ1v) is 9.75. The third-order valence-corrected chi connectivity index (χ3v) is 5.21. The number of hydrogen-bond acceptors (Lipinski definition) is 7.